The number of ether oxygens (including phenoxy) is 2. The van der Waals surface area contributed by atoms with E-state index in [1.807, 2.05) is 49.5 Å². The first-order chi connectivity index (χ1) is 17.8. The van der Waals surface area contributed by atoms with E-state index in [9.17, 15) is 9.90 Å². The highest BCUT2D eigenvalue weighted by molar-refractivity contribution is 5.95. The molecular weight excluding hydrogens is 466 g/mol. The zero-order chi connectivity index (χ0) is 26.4. The van der Waals surface area contributed by atoms with Crippen LogP contribution >= 0.6 is 0 Å². The largest absolute Gasteiger partial charge is 0.504 e. The Balaban J connectivity index is 1.46. The summed E-state index contributed by atoms with van der Waals surface area (Å²) in [5.74, 6) is 1.90. The number of aromatic hydroxyl groups is 1. The number of phenols is 1. The van der Waals surface area contributed by atoms with Gasteiger partial charge in [0.05, 0.1) is 18.7 Å². The van der Waals surface area contributed by atoms with Crippen LogP contribution in [0.2, 0.25) is 0 Å². The minimum absolute atomic E-state index is 0.0185. The van der Waals surface area contributed by atoms with Crippen molar-refractivity contribution in [1.29, 1.82) is 0 Å². The van der Waals surface area contributed by atoms with E-state index in [0.717, 1.165) is 6.42 Å². The predicted octanol–water partition coefficient (Wildman–Crippen LogP) is 6.23. The lowest BCUT2D eigenvalue weighted by Crippen LogP contribution is -2.42. The van der Waals surface area contributed by atoms with E-state index >= 15 is 0 Å². The molecule has 0 aliphatic carbocycles. The topological polar surface area (TPSA) is 83.9 Å². The monoisotopic (exact) mass is 499 g/mol. The summed E-state index contributed by atoms with van der Waals surface area (Å²) in [5.41, 5.74) is 2.46. The SMILES string of the molecule is COc1cc2c(Oc3ccc(NC(=O)C(CC(C)C)N(C)Cc4ccccc4)cc3)ccnc2cc1O. The molecule has 0 spiro atoms. The normalized spacial score (nSPS) is 12.1. The average Bonchev–Trinajstić information content (AvgIpc) is 2.88. The van der Waals surface area contributed by atoms with Gasteiger partial charge >= 0.3 is 0 Å². The van der Waals surface area contributed by atoms with Crippen molar-refractivity contribution in [2.24, 2.45) is 5.92 Å². The predicted molar refractivity (Wildman–Crippen MR) is 146 cm³/mol. The van der Waals surface area contributed by atoms with E-state index < -0.39 is 0 Å². The van der Waals surface area contributed by atoms with Crippen molar-refractivity contribution in [2.75, 3.05) is 19.5 Å². The molecule has 0 aliphatic heterocycles. The Morgan fingerprint density at radius 1 is 1.03 bits per heavy atom. The fourth-order valence-corrected chi connectivity index (χ4v) is 4.26. The number of pyridine rings is 1. The Labute approximate surface area is 217 Å². The van der Waals surface area contributed by atoms with Crippen LogP contribution in [0, 0.1) is 5.92 Å². The van der Waals surface area contributed by atoms with Crippen molar-refractivity contribution in [3.63, 3.8) is 0 Å². The van der Waals surface area contributed by atoms with Gasteiger partial charge in [0.15, 0.2) is 11.5 Å². The fraction of sp³-hybridized carbons (Fsp3) is 0.267. The number of hydrogen-bond acceptors (Lipinski definition) is 6. The second kappa shape index (κ2) is 11.8. The molecule has 0 bridgehead atoms. The molecule has 0 radical (unpaired) electrons. The van der Waals surface area contributed by atoms with Crippen LogP contribution in [-0.4, -0.2) is 41.1 Å². The molecule has 2 N–H and O–H groups in total. The van der Waals surface area contributed by atoms with Crippen LogP contribution in [0.5, 0.6) is 23.0 Å². The van der Waals surface area contributed by atoms with Gasteiger partial charge in [0.25, 0.3) is 0 Å². The molecule has 3 aromatic carbocycles. The number of aromatic nitrogens is 1. The summed E-state index contributed by atoms with van der Waals surface area (Å²) in [5, 5.41) is 13.8. The Morgan fingerprint density at radius 3 is 2.43 bits per heavy atom. The number of rotatable bonds is 10. The van der Waals surface area contributed by atoms with E-state index in [1.165, 1.54) is 12.7 Å². The number of fused-ring (bicyclic) bond motifs is 1. The number of anilines is 1. The summed E-state index contributed by atoms with van der Waals surface area (Å²) in [6.45, 7) is 4.95. The van der Waals surface area contributed by atoms with Crippen LogP contribution < -0.4 is 14.8 Å². The maximum atomic E-state index is 13.3. The lowest BCUT2D eigenvalue weighted by molar-refractivity contribution is -0.121. The molecule has 0 saturated carbocycles. The zero-order valence-electron chi connectivity index (χ0n) is 21.6. The standard InChI is InChI=1S/C30H33N3O4/c1-20(2)16-26(33(3)19-21-8-6-5-7-9-21)30(35)32-22-10-12-23(13-11-22)37-28-14-15-31-25-18-27(34)29(36-4)17-24(25)28/h5-15,17-18,20,26,34H,16,19H2,1-4H3,(H,32,35). The smallest absolute Gasteiger partial charge is 0.241 e. The van der Waals surface area contributed by atoms with Gasteiger partial charge in [-0.25, -0.2) is 0 Å². The number of methoxy groups -OCH3 is 1. The first-order valence-corrected chi connectivity index (χ1v) is 12.3. The number of hydrogen-bond donors (Lipinski definition) is 2. The number of nitrogens with zero attached hydrogens (tertiary/aromatic N) is 2. The third-order valence-electron chi connectivity index (χ3n) is 6.16. The van der Waals surface area contributed by atoms with Crippen LogP contribution in [-0.2, 0) is 11.3 Å². The number of benzene rings is 3. The molecule has 1 atom stereocenters. The molecule has 1 aromatic heterocycles. The van der Waals surface area contributed by atoms with Crippen molar-refractivity contribution >= 4 is 22.5 Å². The lowest BCUT2D eigenvalue weighted by atomic mass is 10.0. The summed E-state index contributed by atoms with van der Waals surface area (Å²) >= 11 is 0. The van der Waals surface area contributed by atoms with Crippen LogP contribution in [0.4, 0.5) is 5.69 Å². The Morgan fingerprint density at radius 2 is 1.76 bits per heavy atom. The maximum absolute atomic E-state index is 13.3. The minimum atomic E-state index is -0.259. The van der Waals surface area contributed by atoms with E-state index in [1.54, 1.807) is 24.4 Å². The van der Waals surface area contributed by atoms with Gasteiger partial charge in [-0.3, -0.25) is 14.7 Å². The molecule has 7 heteroatoms. The van der Waals surface area contributed by atoms with Crippen molar-refractivity contribution in [3.05, 3.63) is 84.6 Å². The summed E-state index contributed by atoms with van der Waals surface area (Å²) in [4.78, 5) is 19.7. The summed E-state index contributed by atoms with van der Waals surface area (Å²) in [7, 11) is 3.49. The quantitative estimate of drug-likeness (QED) is 0.269. The van der Waals surface area contributed by atoms with Gasteiger partial charge < -0.3 is 19.9 Å². The Bertz CT molecular complexity index is 1340. The summed E-state index contributed by atoms with van der Waals surface area (Å²) in [6, 6.07) is 22.2. The number of amides is 1. The molecule has 0 aliphatic rings. The highest BCUT2D eigenvalue weighted by atomic mass is 16.5. The molecule has 7 nitrogen and oxygen atoms in total. The molecular formula is C30H33N3O4. The number of carbonyl (C=O) groups excluding carboxylic acids is 1. The molecule has 37 heavy (non-hydrogen) atoms. The van der Waals surface area contributed by atoms with E-state index in [2.05, 4.69) is 41.2 Å². The number of carbonyl (C=O) groups is 1. The number of nitrogens with one attached hydrogen (secondary N) is 1. The van der Waals surface area contributed by atoms with Crippen molar-refractivity contribution in [1.82, 2.24) is 9.88 Å². The lowest BCUT2D eigenvalue weighted by Gasteiger charge is -2.28. The van der Waals surface area contributed by atoms with Gasteiger partial charge in [-0.05, 0) is 61.3 Å². The van der Waals surface area contributed by atoms with E-state index in [4.69, 9.17) is 9.47 Å². The van der Waals surface area contributed by atoms with Crippen molar-refractivity contribution in [3.8, 4) is 23.0 Å². The summed E-state index contributed by atoms with van der Waals surface area (Å²) < 4.78 is 11.3. The molecule has 1 heterocycles. The van der Waals surface area contributed by atoms with E-state index in [0.29, 0.717) is 46.3 Å². The van der Waals surface area contributed by atoms with Crippen molar-refractivity contribution < 1.29 is 19.4 Å². The Kier molecular flexibility index (Phi) is 8.25. The highest BCUT2D eigenvalue weighted by Crippen LogP contribution is 2.36. The maximum Gasteiger partial charge on any atom is 0.241 e. The van der Waals surface area contributed by atoms with Gasteiger partial charge in [-0.15, -0.1) is 0 Å². The molecule has 0 saturated heterocycles. The highest BCUT2D eigenvalue weighted by Gasteiger charge is 2.24. The summed E-state index contributed by atoms with van der Waals surface area (Å²) in [6.07, 6.45) is 2.38. The van der Waals surface area contributed by atoms with Gasteiger partial charge in [0.1, 0.15) is 11.5 Å². The zero-order valence-corrected chi connectivity index (χ0v) is 21.6. The van der Waals surface area contributed by atoms with Gasteiger partial charge in [0, 0.05) is 29.9 Å². The third kappa shape index (κ3) is 6.57. The van der Waals surface area contributed by atoms with Gasteiger partial charge in [-0.1, -0.05) is 44.2 Å². The molecule has 1 amide bonds. The minimum Gasteiger partial charge on any atom is -0.504 e. The van der Waals surface area contributed by atoms with Crippen LogP contribution in [0.3, 0.4) is 0 Å². The van der Waals surface area contributed by atoms with Crippen LogP contribution in [0.1, 0.15) is 25.8 Å². The molecule has 0 fully saturated rings. The Hall–Kier alpha value is -4.10. The molecule has 1 unspecified atom stereocenters. The van der Waals surface area contributed by atoms with Gasteiger partial charge in [-0.2, -0.15) is 0 Å². The average molecular weight is 500 g/mol. The van der Waals surface area contributed by atoms with E-state index in [-0.39, 0.29) is 17.7 Å². The first-order valence-electron chi connectivity index (χ1n) is 12.3. The van der Waals surface area contributed by atoms with Crippen molar-refractivity contribution in [2.45, 2.75) is 32.9 Å². The number of phenolic OH excluding ortho intramolecular Hbond substituents is 1. The first kappa shape index (κ1) is 26.0. The second-order valence-corrected chi connectivity index (χ2v) is 9.51. The molecule has 192 valence electrons. The fourth-order valence-electron chi connectivity index (χ4n) is 4.26. The van der Waals surface area contributed by atoms with Gasteiger partial charge in [0.2, 0.25) is 5.91 Å². The molecule has 4 rings (SSSR count). The van der Waals surface area contributed by atoms with Crippen LogP contribution in [0.25, 0.3) is 10.9 Å². The van der Waals surface area contributed by atoms with Crippen LogP contribution in [0.15, 0.2) is 79.0 Å². The second-order valence-electron chi connectivity index (χ2n) is 9.51. The number of likely N-dealkylation sites (N-methyl/N-ethyl adjacent to an activating group) is 1. The third-order valence-corrected chi connectivity index (χ3v) is 6.16. The molecule has 4 aromatic rings.